The first-order chi connectivity index (χ1) is 9.40. The van der Waals surface area contributed by atoms with Gasteiger partial charge < -0.3 is 11.1 Å². The lowest BCUT2D eigenvalue weighted by Crippen LogP contribution is -2.13. The Morgan fingerprint density at radius 3 is 2.70 bits per heavy atom. The van der Waals surface area contributed by atoms with Gasteiger partial charge in [-0.1, -0.05) is 23.8 Å². The zero-order chi connectivity index (χ0) is 14.9. The van der Waals surface area contributed by atoms with Crippen LogP contribution in [0.3, 0.4) is 0 Å². The minimum atomic E-state index is 0.328. The number of aryl methyl sites for hydroxylation is 2. The monoisotopic (exact) mass is 308 g/mol. The van der Waals surface area contributed by atoms with E-state index in [1.807, 2.05) is 37.7 Å². The van der Waals surface area contributed by atoms with Crippen molar-refractivity contribution in [2.75, 3.05) is 5.32 Å². The topological polar surface area (TPSA) is 55.9 Å². The van der Waals surface area contributed by atoms with Crippen LogP contribution in [0, 0.1) is 13.8 Å². The molecule has 6 heteroatoms. The number of nitrogens with zero attached hydrogens (tertiary/aromatic N) is 2. The van der Waals surface area contributed by atoms with E-state index in [1.54, 1.807) is 6.07 Å². The number of aromatic nitrogens is 2. The summed E-state index contributed by atoms with van der Waals surface area (Å²) < 4.78 is 1.88. The third-order valence-corrected chi connectivity index (χ3v) is 3.82. The van der Waals surface area contributed by atoms with Crippen LogP contribution in [0.5, 0.6) is 0 Å². The summed E-state index contributed by atoms with van der Waals surface area (Å²) in [5.74, 6) is 0. The molecule has 0 radical (unpaired) electrons. The van der Waals surface area contributed by atoms with E-state index in [2.05, 4.69) is 10.4 Å². The lowest BCUT2D eigenvalue weighted by atomic mass is 10.1. The summed E-state index contributed by atoms with van der Waals surface area (Å²) in [5.41, 5.74) is 10.7. The molecular formula is C14H17ClN4S. The Kier molecular flexibility index (Phi) is 4.30. The fourth-order valence-electron chi connectivity index (χ4n) is 2.13. The predicted molar refractivity (Wildman–Crippen MR) is 87.3 cm³/mol. The first-order valence-corrected chi connectivity index (χ1v) is 7.01. The van der Waals surface area contributed by atoms with Crippen molar-refractivity contribution >= 4 is 34.5 Å². The quantitative estimate of drug-likeness (QED) is 0.853. The highest BCUT2D eigenvalue weighted by Gasteiger charge is 2.11. The van der Waals surface area contributed by atoms with Crippen LogP contribution < -0.4 is 11.1 Å². The van der Waals surface area contributed by atoms with Crippen LogP contribution in [0.4, 0.5) is 5.69 Å². The van der Waals surface area contributed by atoms with Crippen molar-refractivity contribution in [3.05, 3.63) is 45.7 Å². The molecule has 1 aromatic carbocycles. The summed E-state index contributed by atoms with van der Waals surface area (Å²) in [7, 11) is 1.94. The van der Waals surface area contributed by atoms with Crippen LogP contribution in [-0.4, -0.2) is 14.8 Å². The zero-order valence-electron chi connectivity index (χ0n) is 11.7. The van der Waals surface area contributed by atoms with Gasteiger partial charge in [-0.05, 0) is 32.0 Å². The second kappa shape index (κ2) is 5.81. The van der Waals surface area contributed by atoms with E-state index in [0.717, 1.165) is 22.6 Å². The number of anilines is 1. The van der Waals surface area contributed by atoms with Gasteiger partial charge in [-0.3, -0.25) is 4.68 Å². The van der Waals surface area contributed by atoms with E-state index in [4.69, 9.17) is 29.6 Å². The first kappa shape index (κ1) is 14.8. The molecule has 106 valence electrons. The molecule has 4 nitrogen and oxygen atoms in total. The van der Waals surface area contributed by atoms with Crippen LogP contribution in [0.15, 0.2) is 18.2 Å². The van der Waals surface area contributed by atoms with Crippen LogP contribution in [0.1, 0.15) is 22.5 Å². The number of benzene rings is 1. The molecule has 0 aliphatic heterocycles. The number of hydrogen-bond acceptors (Lipinski definition) is 3. The number of halogens is 1. The molecule has 0 unspecified atom stereocenters. The van der Waals surface area contributed by atoms with Gasteiger partial charge in [0.05, 0.1) is 5.69 Å². The molecule has 1 aromatic heterocycles. The fraction of sp³-hybridized carbons (Fsp3) is 0.286. The number of rotatable bonds is 4. The molecule has 0 atom stereocenters. The SMILES string of the molecule is Cc1nn(C)c(C)c1CNc1ccc(Cl)cc1C(N)=S. The van der Waals surface area contributed by atoms with Crippen molar-refractivity contribution in [2.24, 2.45) is 12.8 Å². The summed E-state index contributed by atoms with van der Waals surface area (Å²) in [4.78, 5) is 0.328. The summed E-state index contributed by atoms with van der Waals surface area (Å²) in [6, 6.07) is 5.47. The molecular weight excluding hydrogens is 292 g/mol. The third-order valence-electron chi connectivity index (χ3n) is 3.36. The number of hydrogen-bond donors (Lipinski definition) is 2. The van der Waals surface area contributed by atoms with E-state index in [0.29, 0.717) is 16.6 Å². The molecule has 0 spiro atoms. The van der Waals surface area contributed by atoms with Crippen LogP contribution >= 0.6 is 23.8 Å². The van der Waals surface area contributed by atoms with Gasteiger partial charge in [0.15, 0.2) is 0 Å². The lowest BCUT2D eigenvalue weighted by Gasteiger charge is -2.12. The van der Waals surface area contributed by atoms with Gasteiger partial charge in [-0.15, -0.1) is 0 Å². The van der Waals surface area contributed by atoms with Gasteiger partial charge in [0, 0.05) is 41.1 Å². The Bertz CT molecular complexity index is 663. The van der Waals surface area contributed by atoms with Gasteiger partial charge in [0.1, 0.15) is 4.99 Å². The minimum Gasteiger partial charge on any atom is -0.389 e. The normalized spacial score (nSPS) is 10.6. The van der Waals surface area contributed by atoms with E-state index >= 15 is 0 Å². The highest BCUT2D eigenvalue weighted by molar-refractivity contribution is 7.80. The Balaban J connectivity index is 2.25. The maximum atomic E-state index is 5.98. The molecule has 0 bridgehead atoms. The highest BCUT2D eigenvalue weighted by Crippen LogP contribution is 2.22. The molecule has 20 heavy (non-hydrogen) atoms. The molecule has 1 heterocycles. The number of nitrogens with one attached hydrogen (secondary N) is 1. The third kappa shape index (κ3) is 2.94. The smallest absolute Gasteiger partial charge is 0.106 e. The van der Waals surface area contributed by atoms with Crippen molar-refractivity contribution in [1.29, 1.82) is 0 Å². The highest BCUT2D eigenvalue weighted by atomic mass is 35.5. The van der Waals surface area contributed by atoms with E-state index in [-0.39, 0.29) is 0 Å². The van der Waals surface area contributed by atoms with Gasteiger partial charge in [0.2, 0.25) is 0 Å². The van der Waals surface area contributed by atoms with Crippen molar-refractivity contribution in [3.63, 3.8) is 0 Å². The Hall–Kier alpha value is -1.59. The van der Waals surface area contributed by atoms with E-state index in [9.17, 15) is 0 Å². The molecule has 3 N–H and O–H groups in total. The Morgan fingerprint density at radius 2 is 2.15 bits per heavy atom. The molecule has 0 aliphatic rings. The van der Waals surface area contributed by atoms with Gasteiger partial charge in [0.25, 0.3) is 0 Å². The largest absolute Gasteiger partial charge is 0.389 e. The lowest BCUT2D eigenvalue weighted by molar-refractivity contribution is 0.730. The summed E-state index contributed by atoms with van der Waals surface area (Å²) in [5, 5.41) is 8.37. The van der Waals surface area contributed by atoms with Crippen LogP contribution in [0.2, 0.25) is 5.02 Å². The van der Waals surface area contributed by atoms with Gasteiger partial charge in [-0.2, -0.15) is 5.10 Å². The van der Waals surface area contributed by atoms with Gasteiger partial charge >= 0.3 is 0 Å². The second-order valence-electron chi connectivity index (χ2n) is 4.68. The van der Waals surface area contributed by atoms with Crippen LogP contribution in [0.25, 0.3) is 0 Å². The zero-order valence-corrected chi connectivity index (χ0v) is 13.3. The average Bonchev–Trinajstić information content (AvgIpc) is 2.62. The summed E-state index contributed by atoms with van der Waals surface area (Å²) in [6.45, 7) is 4.72. The van der Waals surface area contributed by atoms with E-state index in [1.165, 1.54) is 5.56 Å². The van der Waals surface area contributed by atoms with Crippen molar-refractivity contribution < 1.29 is 0 Å². The molecule has 0 fully saturated rings. The number of nitrogens with two attached hydrogens (primary N) is 1. The number of thiocarbonyl (C=S) groups is 1. The molecule has 2 aromatic rings. The molecule has 0 aliphatic carbocycles. The predicted octanol–water partition coefficient (Wildman–Crippen LogP) is 2.94. The maximum absolute atomic E-state index is 5.98. The second-order valence-corrected chi connectivity index (χ2v) is 5.56. The van der Waals surface area contributed by atoms with Crippen molar-refractivity contribution in [3.8, 4) is 0 Å². The minimum absolute atomic E-state index is 0.328. The summed E-state index contributed by atoms with van der Waals surface area (Å²) >= 11 is 11.0. The Morgan fingerprint density at radius 1 is 1.45 bits per heavy atom. The average molecular weight is 309 g/mol. The summed E-state index contributed by atoms with van der Waals surface area (Å²) in [6.07, 6.45) is 0. The Labute approximate surface area is 128 Å². The standard InChI is InChI=1S/C14H17ClN4S/c1-8-12(9(2)19(3)18-8)7-17-13-5-4-10(15)6-11(13)14(16)20/h4-6,17H,7H2,1-3H3,(H2,16,20). The van der Waals surface area contributed by atoms with Crippen molar-refractivity contribution in [2.45, 2.75) is 20.4 Å². The van der Waals surface area contributed by atoms with Crippen LogP contribution in [-0.2, 0) is 13.6 Å². The van der Waals surface area contributed by atoms with E-state index < -0.39 is 0 Å². The molecule has 0 saturated carbocycles. The van der Waals surface area contributed by atoms with Gasteiger partial charge in [-0.25, -0.2) is 0 Å². The fourth-order valence-corrected chi connectivity index (χ4v) is 2.47. The molecule has 2 rings (SSSR count). The first-order valence-electron chi connectivity index (χ1n) is 6.22. The molecule has 0 saturated heterocycles. The maximum Gasteiger partial charge on any atom is 0.106 e. The van der Waals surface area contributed by atoms with Crippen molar-refractivity contribution in [1.82, 2.24) is 9.78 Å². The molecule has 0 amide bonds.